The minimum atomic E-state index is -0.932. The molecule has 19 heavy (non-hydrogen) atoms. The zero-order valence-electron chi connectivity index (χ0n) is 11.4. The lowest BCUT2D eigenvalue weighted by Crippen LogP contribution is -2.35. The van der Waals surface area contributed by atoms with E-state index in [1.54, 1.807) is 19.2 Å². The van der Waals surface area contributed by atoms with E-state index in [9.17, 15) is 4.79 Å². The van der Waals surface area contributed by atoms with Crippen LogP contribution in [0, 0.1) is 0 Å². The van der Waals surface area contributed by atoms with Crippen molar-refractivity contribution in [1.29, 1.82) is 0 Å². The molecule has 1 aromatic carbocycles. The van der Waals surface area contributed by atoms with Gasteiger partial charge in [-0.25, -0.2) is 4.79 Å². The van der Waals surface area contributed by atoms with Gasteiger partial charge in [0.1, 0.15) is 12.4 Å². The average molecular weight is 267 g/mol. The standard InChI is InChI=1S/C14H21NO4/c1-3-12(10-18-2)15-8-9-19-13-6-4-11(5-7-13)14(16)17/h4-7,12,15H,3,8-10H2,1-2H3,(H,16,17). The largest absolute Gasteiger partial charge is 0.492 e. The van der Waals surface area contributed by atoms with E-state index in [1.165, 1.54) is 12.1 Å². The van der Waals surface area contributed by atoms with Crippen LogP contribution in [-0.2, 0) is 4.74 Å². The van der Waals surface area contributed by atoms with Gasteiger partial charge in [-0.1, -0.05) is 6.92 Å². The van der Waals surface area contributed by atoms with E-state index in [0.717, 1.165) is 13.0 Å². The van der Waals surface area contributed by atoms with Crippen LogP contribution >= 0.6 is 0 Å². The van der Waals surface area contributed by atoms with Crippen molar-refractivity contribution in [2.75, 3.05) is 26.9 Å². The minimum Gasteiger partial charge on any atom is -0.492 e. The monoisotopic (exact) mass is 267 g/mol. The molecular formula is C14H21NO4. The summed E-state index contributed by atoms with van der Waals surface area (Å²) < 4.78 is 10.6. The molecule has 1 atom stereocenters. The first-order valence-corrected chi connectivity index (χ1v) is 6.35. The summed E-state index contributed by atoms with van der Waals surface area (Å²) in [6, 6.07) is 6.73. The van der Waals surface area contributed by atoms with Crippen LogP contribution in [0.3, 0.4) is 0 Å². The van der Waals surface area contributed by atoms with Gasteiger partial charge in [-0.3, -0.25) is 0 Å². The zero-order valence-corrected chi connectivity index (χ0v) is 11.4. The van der Waals surface area contributed by atoms with E-state index in [4.69, 9.17) is 14.6 Å². The quantitative estimate of drug-likeness (QED) is 0.667. The molecule has 0 spiro atoms. The molecule has 0 saturated heterocycles. The lowest BCUT2D eigenvalue weighted by atomic mass is 10.2. The molecule has 0 saturated carbocycles. The Balaban J connectivity index is 2.27. The molecule has 2 N–H and O–H groups in total. The third-order valence-electron chi connectivity index (χ3n) is 2.77. The number of ether oxygens (including phenoxy) is 2. The SMILES string of the molecule is CCC(COC)NCCOc1ccc(C(=O)O)cc1. The second-order valence-electron chi connectivity index (χ2n) is 4.19. The number of carboxylic acids is 1. The van der Waals surface area contributed by atoms with E-state index in [0.29, 0.717) is 25.0 Å². The van der Waals surface area contributed by atoms with Gasteiger partial charge in [0.25, 0.3) is 0 Å². The molecule has 0 aromatic heterocycles. The smallest absolute Gasteiger partial charge is 0.335 e. The lowest BCUT2D eigenvalue weighted by molar-refractivity contribution is 0.0697. The number of nitrogens with one attached hydrogen (secondary N) is 1. The summed E-state index contributed by atoms with van der Waals surface area (Å²) in [6.45, 7) is 4.04. The van der Waals surface area contributed by atoms with Crippen LogP contribution < -0.4 is 10.1 Å². The number of aromatic carboxylic acids is 1. The van der Waals surface area contributed by atoms with Gasteiger partial charge in [0.2, 0.25) is 0 Å². The summed E-state index contributed by atoms with van der Waals surface area (Å²) in [7, 11) is 1.69. The summed E-state index contributed by atoms with van der Waals surface area (Å²) in [5, 5.41) is 12.1. The molecule has 1 rings (SSSR count). The van der Waals surface area contributed by atoms with Crippen molar-refractivity contribution in [3.8, 4) is 5.75 Å². The summed E-state index contributed by atoms with van der Waals surface area (Å²) in [5.74, 6) is -0.259. The fourth-order valence-corrected chi connectivity index (χ4v) is 1.65. The molecule has 0 amide bonds. The van der Waals surface area contributed by atoms with E-state index in [2.05, 4.69) is 12.2 Å². The molecule has 0 radical (unpaired) electrons. The Hall–Kier alpha value is -1.59. The predicted molar refractivity (Wildman–Crippen MR) is 72.9 cm³/mol. The molecule has 0 bridgehead atoms. The lowest BCUT2D eigenvalue weighted by Gasteiger charge is -2.16. The number of benzene rings is 1. The van der Waals surface area contributed by atoms with Gasteiger partial charge in [-0.05, 0) is 30.7 Å². The first kappa shape index (κ1) is 15.5. The Morgan fingerprint density at radius 3 is 2.58 bits per heavy atom. The van der Waals surface area contributed by atoms with Gasteiger partial charge >= 0.3 is 5.97 Å². The van der Waals surface area contributed by atoms with Crippen LogP contribution in [-0.4, -0.2) is 44.0 Å². The second kappa shape index (κ2) is 8.50. The topological polar surface area (TPSA) is 67.8 Å². The normalized spacial score (nSPS) is 12.1. The molecule has 0 heterocycles. The summed E-state index contributed by atoms with van der Waals surface area (Å²) in [5.41, 5.74) is 0.261. The van der Waals surface area contributed by atoms with E-state index in [1.807, 2.05) is 0 Å². The molecule has 0 aliphatic heterocycles. The van der Waals surface area contributed by atoms with Crippen molar-refractivity contribution in [2.45, 2.75) is 19.4 Å². The van der Waals surface area contributed by atoms with Gasteiger partial charge in [0.15, 0.2) is 0 Å². The number of hydrogen-bond acceptors (Lipinski definition) is 4. The van der Waals surface area contributed by atoms with Gasteiger partial charge in [-0.2, -0.15) is 0 Å². The summed E-state index contributed by atoms with van der Waals surface area (Å²) in [6.07, 6.45) is 1.00. The van der Waals surface area contributed by atoms with Crippen molar-refractivity contribution >= 4 is 5.97 Å². The van der Waals surface area contributed by atoms with Gasteiger partial charge in [-0.15, -0.1) is 0 Å². The van der Waals surface area contributed by atoms with Crippen LogP contribution in [0.5, 0.6) is 5.75 Å². The highest BCUT2D eigenvalue weighted by Crippen LogP contribution is 2.11. The van der Waals surface area contributed by atoms with Crippen LogP contribution in [0.2, 0.25) is 0 Å². The number of carbonyl (C=O) groups is 1. The van der Waals surface area contributed by atoms with Gasteiger partial charge in [0.05, 0.1) is 12.2 Å². The second-order valence-corrected chi connectivity index (χ2v) is 4.19. The molecule has 0 fully saturated rings. The maximum Gasteiger partial charge on any atom is 0.335 e. The first-order chi connectivity index (χ1) is 9.17. The molecule has 1 aromatic rings. The zero-order chi connectivity index (χ0) is 14.1. The molecular weight excluding hydrogens is 246 g/mol. The number of rotatable bonds is 9. The number of carboxylic acid groups (broad SMARTS) is 1. The fourth-order valence-electron chi connectivity index (χ4n) is 1.65. The highest BCUT2D eigenvalue weighted by Gasteiger charge is 2.04. The Morgan fingerprint density at radius 2 is 2.05 bits per heavy atom. The summed E-state index contributed by atoms with van der Waals surface area (Å²) >= 11 is 0. The maximum absolute atomic E-state index is 10.7. The Labute approximate surface area is 113 Å². The van der Waals surface area contributed by atoms with Crippen molar-refractivity contribution in [1.82, 2.24) is 5.32 Å². The van der Waals surface area contributed by atoms with E-state index < -0.39 is 5.97 Å². The average Bonchev–Trinajstić information content (AvgIpc) is 2.42. The highest BCUT2D eigenvalue weighted by atomic mass is 16.5. The predicted octanol–water partition coefficient (Wildman–Crippen LogP) is 1.78. The minimum absolute atomic E-state index is 0.261. The molecule has 106 valence electrons. The number of methoxy groups -OCH3 is 1. The third-order valence-corrected chi connectivity index (χ3v) is 2.77. The fraction of sp³-hybridized carbons (Fsp3) is 0.500. The van der Waals surface area contributed by atoms with Crippen molar-refractivity contribution < 1.29 is 19.4 Å². The van der Waals surface area contributed by atoms with Crippen LogP contribution in [0.15, 0.2) is 24.3 Å². The Bertz CT molecular complexity index is 378. The maximum atomic E-state index is 10.7. The van der Waals surface area contributed by atoms with Crippen LogP contribution in [0.4, 0.5) is 0 Å². The first-order valence-electron chi connectivity index (χ1n) is 6.35. The van der Waals surface area contributed by atoms with Crippen LogP contribution in [0.25, 0.3) is 0 Å². The van der Waals surface area contributed by atoms with E-state index in [-0.39, 0.29) is 5.56 Å². The van der Waals surface area contributed by atoms with Crippen molar-refractivity contribution in [2.24, 2.45) is 0 Å². The van der Waals surface area contributed by atoms with E-state index >= 15 is 0 Å². The van der Waals surface area contributed by atoms with Gasteiger partial charge < -0.3 is 19.9 Å². The number of hydrogen-bond donors (Lipinski definition) is 2. The van der Waals surface area contributed by atoms with Crippen molar-refractivity contribution in [3.05, 3.63) is 29.8 Å². The summed E-state index contributed by atoms with van der Waals surface area (Å²) in [4.78, 5) is 10.7. The van der Waals surface area contributed by atoms with Crippen LogP contribution in [0.1, 0.15) is 23.7 Å². The molecule has 0 aliphatic rings. The molecule has 5 heteroatoms. The van der Waals surface area contributed by atoms with Crippen molar-refractivity contribution in [3.63, 3.8) is 0 Å². The molecule has 1 unspecified atom stereocenters. The highest BCUT2D eigenvalue weighted by molar-refractivity contribution is 5.87. The van der Waals surface area contributed by atoms with Gasteiger partial charge in [0, 0.05) is 19.7 Å². The Morgan fingerprint density at radius 1 is 1.37 bits per heavy atom. The third kappa shape index (κ3) is 5.72. The Kier molecular flexibility index (Phi) is 6.92. The molecule has 5 nitrogen and oxygen atoms in total. The molecule has 0 aliphatic carbocycles.